The summed E-state index contributed by atoms with van der Waals surface area (Å²) in [4.78, 5) is 18.4. The molecule has 0 spiro atoms. The fourth-order valence-electron chi connectivity index (χ4n) is 2.15. The number of nitrogens with one attached hydrogen (secondary N) is 3. The van der Waals surface area contributed by atoms with Crippen LogP contribution in [0.1, 0.15) is 13.8 Å². The Hall–Kier alpha value is -2.62. The molecule has 3 aromatic rings. The average molecular weight is 280 g/mol. The van der Waals surface area contributed by atoms with Crippen LogP contribution in [-0.2, 0) is 4.79 Å². The fraction of sp³-hybridized carbons (Fsp3) is 0.176. The van der Waals surface area contributed by atoms with Crippen LogP contribution in [0, 0.1) is 5.92 Å². The van der Waals surface area contributed by atoms with Crippen LogP contribution in [0.2, 0.25) is 0 Å². The summed E-state index contributed by atoms with van der Waals surface area (Å²) in [7, 11) is 0. The lowest BCUT2D eigenvalue weighted by atomic mass is 10.1. The van der Waals surface area contributed by atoms with Crippen molar-refractivity contribution in [2.75, 3.05) is 5.32 Å². The Labute approximate surface area is 123 Å². The maximum atomic E-state index is 11.7. The highest BCUT2D eigenvalue weighted by atomic mass is 16.1. The predicted octanol–water partition coefficient (Wildman–Crippen LogP) is 3.24. The number of fused-ring (bicyclic) bond motifs is 1. The minimum Gasteiger partial charge on any atom is -0.326 e. The number of hydrogen-bond donors (Lipinski definition) is 2. The third kappa shape index (κ3) is 2.79. The van der Waals surface area contributed by atoms with Crippen molar-refractivity contribution in [1.82, 2.24) is 4.98 Å². The van der Waals surface area contributed by atoms with Crippen LogP contribution < -0.4 is 10.3 Å². The van der Waals surface area contributed by atoms with Gasteiger partial charge in [-0.25, -0.2) is 9.97 Å². The van der Waals surface area contributed by atoms with Gasteiger partial charge in [0, 0.05) is 11.6 Å². The highest BCUT2D eigenvalue weighted by Gasteiger charge is 2.12. The van der Waals surface area contributed by atoms with Crippen LogP contribution in [0.5, 0.6) is 0 Å². The van der Waals surface area contributed by atoms with Gasteiger partial charge in [0.05, 0.1) is 5.56 Å². The van der Waals surface area contributed by atoms with E-state index in [4.69, 9.17) is 0 Å². The van der Waals surface area contributed by atoms with Gasteiger partial charge < -0.3 is 5.32 Å². The summed E-state index contributed by atoms with van der Waals surface area (Å²) >= 11 is 0. The zero-order chi connectivity index (χ0) is 14.8. The molecular formula is C17H18N3O+. The van der Waals surface area contributed by atoms with Gasteiger partial charge in [-0.15, -0.1) is 0 Å². The summed E-state index contributed by atoms with van der Waals surface area (Å²) < 4.78 is 0. The second kappa shape index (κ2) is 5.40. The van der Waals surface area contributed by atoms with Crippen molar-refractivity contribution in [3.8, 4) is 11.4 Å². The Morgan fingerprint density at radius 3 is 2.48 bits per heavy atom. The molecule has 106 valence electrons. The molecule has 1 heterocycles. The number of carbonyl (C=O) groups excluding carboxylic acids is 1. The van der Waals surface area contributed by atoms with E-state index < -0.39 is 0 Å². The molecule has 0 saturated heterocycles. The first-order chi connectivity index (χ1) is 10.1. The zero-order valence-electron chi connectivity index (χ0n) is 12.1. The molecule has 0 atom stereocenters. The van der Waals surface area contributed by atoms with Crippen molar-refractivity contribution < 1.29 is 9.78 Å². The summed E-state index contributed by atoms with van der Waals surface area (Å²) in [5.74, 6) is 0.963. The fourth-order valence-corrected chi connectivity index (χ4v) is 2.15. The molecule has 3 rings (SSSR count). The number of amides is 1. The van der Waals surface area contributed by atoms with Gasteiger partial charge in [-0.05, 0) is 36.4 Å². The Kier molecular flexibility index (Phi) is 3.44. The maximum absolute atomic E-state index is 11.7. The second-order valence-corrected chi connectivity index (χ2v) is 5.39. The van der Waals surface area contributed by atoms with Gasteiger partial charge in [-0.2, -0.15) is 0 Å². The van der Waals surface area contributed by atoms with Gasteiger partial charge in [-0.3, -0.25) is 4.79 Å². The number of H-pyrrole nitrogens is 2. The number of benzene rings is 2. The van der Waals surface area contributed by atoms with Crippen LogP contribution in [-0.4, -0.2) is 10.9 Å². The van der Waals surface area contributed by atoms with E-state index in [0.29, 0.717) is 0 Å². The molecule has 2 aromatic carbocycles. The van der Waals surface area contributed by atoms with E-state index in [9.17, 15) is 4.79 Å². The number of carbonyl (C=O) groups is 1. The van der Waals surface area contributed by atoms with Crippen LogP contribution in [0.25, 0.3) is 22.4 Å². The van der Waals surface area contributed by atoms with E-state index in [1.807, 2.05) is 62.4 Å². The minimum absolute atomic E-state index is 0.0216. The van der Waals surface area contributed by atoms with Gasteiger partial charge in [0.2, 0.25) is 5.91 Å². The number of rotatable bonds is 3. The van der Waals surface area contributed by atoms with Crippen molar-refractivity contribution >= 4 is 22.6 Å². The molecule has 0 bridgehead atoms. The topological polar surface area (TPSA) is 59.0 Å². The summed E-state index contributed by atoms with van der Waals surface area (Å²) in [6.45, 7) is 3.76. The zero-order valence-corrected chi connectivity index (χ0v) is 12.1. The summed E-state index contributed by atoms with van der Waals surface area (Å²) in [5, 5.41) is 2.89. The molecule has 1 amide bonds. The lowest BCUT2D eigenvalue weighted by Crippen LogP contribution is -2.17. The van der Waals surface area contributed by atoms with Gasteiger partial charge in [0.1, 0.15) is 0 Å². The molecule has 0 saturated carbocycles. The standard InChI is InChI=1S/C17H17N3O/c1-11(2)17(21)18-13-9-7-12(8-10-13)16-19-14-5-3-4-6-15(14)20-16/h3-11H,1-2H3,(H,18,21)(H,19,20)/p+1. The SMILES string of the molecule is CC(C)C(=O)Nc1ccc(-c2[nH]c3ccccc3[nH+]2)cc1. The third-order valence-electron chi connectivity index (χ3n) is 3.41. The largest absolute Gasteiger partial charge is 0.326 e. The van der Waals surface area contributed by atoms with E-state index in [1.165, 1.54) is 0 Å². The van der Waals surface area contributed by atoms with Crippen LogP contribution >= 0.6 is 0 Å². The van der Waals surface area contributed by atoms with Crippen LogP contribution in [0.3, 0.4) is 0 Å². The molecule has 3 N–H and O–H groups in total. The molecule has 21 heavy (non-hydrogen) atoms. The first-order valence-electron chi connectivity index (χ1n) is 7.05. The molecular weight excluding hydrogens is 262 g/mol. The molecule has 0 fully saturated rings. The van der Waals surface area contributed by atoms with E-state index in [1.54, 1.807) is 0 Å². The lowest BCUT2D eigenvalue weighted by Gasteiger charge is -2.07. The van der Waals surface area contributed by atoms with E-state index in [-0.39, 0.29) is 11.8 Å². The van der Waals surface area contributed by atoms with Crippen molar-refractivity contribution in [2.45, 2.75) is 13.8 Å². The number of anilines is 1. The quantitative estimate of drug-likeness (QED) is 0.760. The van der Waals surface area contributed by atoms with E-state index in [0.717, 1.165) is 28.1 Å². The monoisotopic (exact) mass is 280 g/mol. The van der Waals surface area contributed by atoms with E-state index >= 15 is 0 Å². The van der Waals surface area contributed by atoms with Gasteiger partial charge in [0.15, 0.2) is 11.0 Å². The predicted molar refractivity (Wildman–Crippen MR) is 83.8 cm³/mol. The number of imidazole rings is 1. The maximum Gasteiger partial charge on any atom is 0.285 e. The number of aromatic amines is 2. The Morgan fingerprint density at radius 2 is 1.81 bits per heavy atom. The second-order valence-electron chi connectivity index (χ2n) is 5.39. The Bertz CT molecular complexity index is 739. The lowest BCUT2D eigenvalue weighted by molar-refractivity contribution is -0.330. The normalized spacial score (nSPS) is 11.0. The molecule has 0 aliphatic carbocycles. The van der Waals surface area contributed by atoms with Gasteiger partial charge in [-0.1, -0.05) is 26.0 Å². The van der Waals surface area contributed by atoms with Crippen molar-refractivity contribution in [1.29, 1.82) is 0 Å². The van der Waals surface area contributed by atoms with Crippen LogP contribution in [0.4, 0.5) is 5.69 Å². The highest BCUT2D eigenvalue weighted by molar-refractivity contribution is 5.92. The molecule has 4 heteroatoms. The Morgan fingerprint density at radius 1 is 1.10 bits per heavy atom. The molecule has 0 aliphatic heterocycles. The number of para-hydroxylation sites is 2. The molecule has 4 nitrogen and oxygen atoms in total. The smallest absolute Gasteiger partial charge is 0.285 e. The van der Waals surface area contributed by atoms with Crippen molar-refractivity contribution in [2.24, 2.45) is 5.92 Å². The minimum atomic E-state index is -0.0216. The summed E-state index contributed by atoms with van der Waals surface area (Å²) in [6.07, 6.45) is 0. The highest BCUT2D eigenvalue weighted by Crippen LogP contribution is 2.19. The molecule has 1 aromatic heterocycles. The number of hydrogen-bond acceptors (Lipinski definition) is 1. The van der Waals surface area contributed by atoms with Gasteiger partial charge in [0.25, 0.3) is 5.82 Å². The van der Waals surface area contributed by atoms with E-state index in [2.05, 4.69) is 15.3 Å². The molecule has 0 aliphatic rings. The molecule has 0 radical (unpaired) electrons. The first-order valence-corrected chi connectivity index (χ1v) is 7.05. The Balaban J connectivity index is 1.85. The van der Waals surface area contributed by atoms with Crippen molar-refractivity contribution in [3.05, 3.63) is 48.5 Å². The number of aromatic nitrogens is 2. The third-order valence-corrected chi connectivity index (χ3v) is 3.41. The average Bonchev–Trinajstić information content (AvgIpc) is 2.91. The summed E-state index contributed by atoms with van der Waals surface area (Å²) in [5.41, 5.74) is 4.01. The summed E-state index contributed by atoms with van der Waals surface area (Å²) in [6, 6.07) is 15.9. The first kappa shape index (κ1) is 13.4. The molecule has 0 unspecified atom stereocenters. The van der Waals surface area contributed by atoms with Crippen molar-refractivity contribution in [3.63, 3.8) is 0 Å². The van der Waals surface area contributed by atoms with Gasteiger partial charge >= 0.3 is 0 Å². The van der Waals surface area contributed by atoms with Crippen LogP contribution in [0.15, 0.2) is 48.5 Å².